The molecule has 6 heteroatoms. The zero-order valence-corrected chi connectivity index (χ0v) is 12.0. The Hall–Kier alpha value is -2.44. The van der Waals surface area contributed by atoms with Crippen LogP contribution in [0.4, 0.5) is 22.7 Å². The van der Waals surface area contributed by atoms with Crippen molar-refractivity contribution in [3.8, 4) is 0 Å². The molecule has 0 bridgehead atoms. The lowest BCUT2D eigenvalue weighted by Crippen LogP contribution is -2.15. The van der Waals surface area contributed by atoms with Crippen LogP contribution in [0, 0.1) is 0 Å². The highest BCUT2D eigenvalue weighted by atomic mass is 17.2. The van der Waals surface area contributed by atoms with Gasteiger partial charge in [-0.25, -0.2) is 10.7 Å². The number of rotatable bonds is 6. The summed E-state index contributed by atoms with van der Waals surface area (Å²) in [6.45, 7) is 3.06. The highest BCUT2D eigenvalue weighted by Gasteiger charge is 1.98. The van der Waals surface area contributed by atoms with Crippen molar-refractivity contribution < 1.29 is 10.2 Å². The summed E-state index contributed by atoms with van der Waals surface area (Å²) in [5, 5.41) is 16.6. The molecule has 0 unspecified atom stereocenters. The molecule has 21 heavy (non-hydrogen) atoms. The maximum Gasteiger partial charge on any atom is 0.0858 e. The molecule has 6 nitrogen and oxygen atoms in total. The number of nitrogens with zero attached hydrogens (tertiary/aromatic N) is 3. The van der Waals surface area contributed by atoms with E-state index in [0.717, 1.165) is 17.9 Å². The first-order valence-electron chi connectivity index (χ1n) is 6.62. The van der Waals surface area contributed by atoms with Crippen molar-refractivity contribution >= 4 is 22.7 Å². The first-order valence-corrected chi connectivity index (χ1v) is 6.62. The fourth-order valence-corrected chi connectivity index (χ4v) is 1.72. The molecule has 0 aliphatic rings. The van der Waals surface area contributed by atoms with E-state index in [4.69, 9.17) is 5.26 Å². The van der Waals surface area contributed by atoms with E-state index in [1.807, 2.05) is 31.3 Å². The van der Waals surface area contributed by atoms with E-state index in [0.29, 0.717) is 11.4 Å². The van der Waals surface area contributed by atoms with Gasteiger partial charge in [-0.2, -0.15) is 10.2 Å². The molecule has 2 aromatic rings. The van der Waals surface area contributed by atoms with E-state index >= 15 is 0 Å². The molecule has 0 radical (unpaired) electrons. The summed E-state index contributed by atoms with van der Waals surface area (Å²) in [7, 11) is 2.04. The van der Waals surface area contributed by atoms with Crippen molar-refractivity contribution in [2.24, 2.45) is 10.2 Å². The van der Waals surface area contributed by atoms with Gasteiger partial charge in [0.1, 0.15) is 0 Å². The zero-order valence-electron chi connectivity index (χ0n) is 12.0. The van der Waals surface area contributed by atoms with E-state index in [1.165, 1.54) is 0 Å². The van der Waals surface area contributed by atoms with Crippen LogP contribution in [0.3, 0.4) is 0 Å². The van der Waals surface area contributed by atoms with Crippen molar-refractivity contribution in [3.63, 3.8) is 0 Å². The molecule has 0 fully saturated rings. The van der Waals surface area contributed by atoms with Crippen LogP contribution in [-0.4, -0.2) is 18.8 Å². The van der Waals surface area contributed by atoms with Crippen LogP contribution in [0.5, 0.6) is 0 Å². The van der Waals surface area contributed by atoms with Gasteiger partial charge in [0.25, 0.3) is 0 Å². The number of benzene rings is 2. The second-order valence-corrected chi connectivity index (χ2v) is 4.47. The smallest absolute Gasteiger partial charge is 0.0858 e. The Labute approximate surface area is 123 Å². The quantitative estimate of drug-likeness (QED) is 0.470. The molecule has 0 aliphatic carbocycles. The standard InChI is InChI=1S/C15H18N4O2/c1-3-19(2)15-10-8-13(9-11-15)17-16-12-4-6-14(7-5-12)18-21-20/h4-11,18,20H,3H2,1-2H3. The van der Waals surface area contributed by atoms with E-state index in [-0.39, 0.29) is 0 Å². The molecule has 0 atom stereocenters. The molecule has 0 aromatic heterocycles. The van der Waals surface area contributed by atoms with Gasteiger partial charge < -0.3 is 4.90 Å². The Morgan fingerprint density at radius 2 is 1.52 bits per heavy atom. The Bertz CT molecular complexity index is 582. The molecule has 0 aliphatic heterocycles. The van der Waals surface area contributed by atoms with Gasteiger partial charge in [-0.3, -0.25) is 0 Å². The number of azo groups is 1. The molecule has 0 heterocycles. The van der Waals surface area contributed by atoms with Gasteiger partial charge >= 0.3 is 0 Å². The lowest BCUT2D eigenvalue weighted by atomic mass is 10.2. The fourth-order valence-electron chi connectivity index (χ4n) is 1.72. The summed E-state index contributed by atoms with van der Waals surface area (Å²) < 4.78 is 0. The van der Waals surface area contributed by atoms with Crippen molar-refractivity contribution in [3.05, 3.63) is 48.5 Å². The predicted molar refractivity (Wildman–Crippen MR) is 83.3 cm³/mol. The topological polar surface area (TPSA) is 69.5 Å². The van der Waals surface area contributed by atoms with Crippen molar-refractivity contribution in [1.82, 2.24) is 0 Å². The van der Waals surface area contributed by atoms with Gasteiger partial charge in [0.15, 0.2) is 0 Å². The average molecular weight is 286 g/mol. The zero-order chi connectivity index (χ0) is 15.1. The minimum Gasteiger partial charge on any atom is -0.375 e. The molecule has 2 N–H and O–H groups in total. The lowest BCUT2D eigenvalue weighted by molar-refractivity contribution is -0.215. The van der Waals surface area contributed by atoms with Crippen LogP contribution in [-0.2, 0) is 4.99 Å². The van der Waals surface area contributed by atoms with Gasteiger partial charge in [-0.1, -0.05) is 0 Å². The van der Waals surface area contributed by atoms with Gasteiger partial charge in [-0.05, 0) is 55.5 Å². The molecule has 0 saturated carbocycles. The molecule has 0 amide bonds. The minimum atomic E-state index is 0.628. The third-order valence-electron chi connectivity index (χ3n) is 3.08. The predicted octanol–water partition coefficient (Wildman–Crippen LogP) is 4.37. The molecule has 0 spiro atoms. The van der Waals surface area contributed by atoms with E-state index < -0.39 is 0 Å². The molecular formula is C15H18N4O2. The third-order valence-corrected chi connectivity index (χ3v) is 3.08. The lowest BCUT2D eigenvalue weighted by Gasteiger charge is -2.16. The summed E-state index contributed by atoms with van der Waals surface area (Å²) in [5.41, 5.74) is 5.60. The number of hydrogen-bond donors (Lipinski definition) is 2. The number of anilines is 2. The minimum absolute atomic E-state index is 0.628. The first-order chi connectivity index (χ1) is 10.2. The summed E-state index contributed by atoms with van der Waals surface area (Å²) in [6, 6.07) is 14.9. The Kier molecular flexibility index (Phi) is 5.25. The van der Waals surface area contributed by atoms with Crippen molar-refractivity contribution in [1.29, 1.82) is 0 Å². The van der Waals surface area contributed by atoms with Crippen LogP contribution >= 0.6 is 0 Å². The Morgan fingerprint density at radius 3 is 2.00 bits per heavy atom. The van der Waals surface area contributed by atoms with Crippen LogP contribution in [0.15, 0.2) is 58.8 Å². The third kappa shape index (κ3) is 4.27. The molecule has 110 valence electrons. The van der Waals surface area contributed by atoms with Gasteiger partial charge in [-0.15, -0.1) is 4.99 Å². The normalized spacial score (nSPS) is 10.8. The SMILES string of the molecule is CCN(C)c1ccc(N=Nc2ccc(NOO)cc2)cc1. The van der Waals surface area contributed by atoms with E-state index in [9.17, 15) is 0 Å². The molecule has 0 saturated heterocycles. The molecule has 2 aromatic carbocycles. The van der Waals surface area contributed by atoms with Crippen LogP contribution in [0.25, 0.3) is 0 Å². The van der Waals surface area contributed by atoms with Gasteiger partial charge in [0.05, 0.1) is 17.1 Å². The largest absolute Gasteiger partial charge is 0.375 e. The maximum atomic E-state index is 8.26. The summed E-state index contributed by atoms with van der Waals surface area (Å²) in [6.07, 6.45) is 0. The van der Waals surface area contributed by atoms with Crippen LogP contribution < -0.4 is 10.4 Å². The highest BCUT2D eigenvalue weighted by Crippen LogP contribution is 2.22. The van der Waals surface area contributed by atoms with Gasteiger partial charge in [0.2, 0.25) is 0 Å². The average Bonchev–Trinajstić information content (AvgIpc) is 2.54. The first kappa shape index (κ1) is 15.0. The van der Waals surface area contributed by atoms with Gasteiger partial charge in [0, 0.05) is 19.3 Å². The van der Waals surface area contributed by atoms with E-state index in [1.54, 1.807) is 24.3 Å². The van der Waals surface area contributed by atoms with Crippen LogP contribution in [0.1, 0.15) is 6.92 Å². The number of nitrogens with one attached hydrogen (secondary N) is 1. The highest BCUT2D eigenvalue weighted by molar-refractivity contribution is 5.53. The summed E-state index contributed by atoms with van der Waals surface area (Å²) >= 11 is 0. The maximum absolute atomic E-state index is 8.26. The van der Waals surface area contributed by atoms with Crippen molar-refractivity contribution in [2.75, 3.05) is 24.0 Å². The van der Waals surface area contributed by atoms with Crippen LogP contribution in [0.2, 0.25) is 0 Å². The second kappa shape index (κ2) is 7.37. The van der Waals surface area contributed by atoms with Crippen molar-refractivity contribution in [2.45, 2.75) is 6.92 Å². The number of hydrogen-bond acceptors (Lipinski definition) is 6. The van der Waals surface area contributed by atoms with E-state index in [2.05, 4.69) is 32.5 Å². The monoisotopic (exact) mass is 286 g/mol. The molecule has 2 rings (SSSR count). The second-order valence-electron chi connectivity index (χ2n) is 4.47. The summed E-state index contributed by atoms with van der Waals surface area (Å²) in [5.74, 6) is 0. The fraction of sp³-hybridized carbons (Fsp3) is 0.200. The summed E-state index contributed by atoms with van der Waals surface area (Å²) in [4.78, 5) is 5.98. The Balaban J connectivity index is 2.03. The molecular weight excluding hydrogens is 268 g/mol. The Morgan fingerprint density at radius 1 is 1.00 bits per heavy atom.